The Bertz CT molecular complexity index is 1300. The highest BCUT2D eigenvalue weighted by Crippen LogP contribution is 2.41. The largest absolute Gasteiger partial charge is 0.497 e. The van der Waals surface area contributed by atoms with Crippen molar-refractivity contribution in [3.8, 4) is 5.75 Å². The fourth-order valence-corrected chi connectivity index (χ4v) is 4.32. The van der Waals surface area contributed by atoms with Crippen LogP contribution in [0.3, 0.4) is 0 Å². The Morgan fingerprint density at radius 2 is 1.51 bits per heavy atom. The summed E-state index contributed by atoms with van der Waals surface area (Å²) in [6.07, 6.45) is 2.07. The number of hydrogen-bond acceptors (Lipinski definition) is 7. The van der Waals surface area contributed by atoms with Gasteiger partial charge in [0.05, 0.1) is 21.3 Å². The van der Waals surface area contributed by atoms with Crippen LogP contribution in [0.25, 0.3) is 6.08 Å². The zero-order valence-corrected chi connectivity index (χ0v) is 22.2. The minimum atomic E-state index is -0.894. The van der Waals surface area contributed by atoms with Gasteiger partial charge in [-0.3, -0.25) is 0 Å². The van der Waals surface area contributed by atoms with E-state index in [2.05, 4.69) is 15.9 Å². The third-order valence-electron chi connectivity index (χ3n) is 5.85. The third kappa shape index (κ3) is 5.76. The quantitative estimate of drug-likeness (QED) is 0.342. The van der Waals surface area contributed by atoms with Gasteiger partial charge in [-0.15, -0.1) is 0 Å². The van der Waals surface area contributed by atoms with Gasteiger partial charge in [-0.25, -0.2) is 9.59 Å². The highest BCUT2D eigenvalue weighted by Gasteiger charge is 2.43. The van der Waals surface area contributed by atoms with Gasteiger partial charge in [0.15, 0.2) is 6.23 Å². The molecule has 0 bridgehead atoms. The molecule has 190 valence electrons. The van der Waals surface area contributed by atoms with Crippen LogP contribution >= 0.6 is 15.9 Å². The fourth-order valence-electron chi connectivity index (χ4n) is 4.06. The Kier molecular flexibility index (Phi) is 8.43. The Labute approximate surface area is 224 Å². The molecule has 4 rings (SSSR count). The highest BCUT2D eigenvalue weighted by atomic mass is 79.9. The summed E-state index contributed by atoms with van der Waals surface area (Å²) >= 11 is 3.44. The molecule has 0 radical (unpaired) electrons. The zero-order valence-electron chi connectivity index (χ0n) is 20.6. The number of ether oxygens (including phenoxy) is 4. The molecule has 8 heteroatoms. The first-order chi connectivity index (χ1) is 18.0. The molecule has 1 aliphatic heterocycles. The second-order valence-electron chi connectivity index (χ2n) is 8.04. The van der Waals surface area contributed by atoms with E-state index >= 15 is 0 Å². The number of esters is 2. The van der Waals surface area contributed by atoms with E-state index in [-0.39, 0.29) is 11.3 Å². The first-order valence-electron chi connectivity index (χ1n) is 11.4. The van der Waals surface area contributed by atoms with Crippen molar-refractivity contribution in [2.75, 3.05) is 26.2 Å². The van der Waals surface area contributed by atoms with E-state index in [9.17, 15) is 9.59 Å². The lowest BCUT2D eigenvalue weighted by Crippen LogP contribution is -2.46. The SMILES string of the molecule is COC(=O)C1=C(C(=O)OC)N(c2ccc(OC)cc2)[C@H](/C=C/c2ccccc2)O[C@H]1c1ccc(Br)cc1. The Balaban J connectivity index is 1.95. The zero-order chi connectivity index (χ0) is 26.4. The number of carbonyl (C=O) groups excluding carboxylic acids is 2. The van der Waals surface area contributed by atoms with Crippen molar-refractivity contribution in [3.05, 3.63) is 112 Å². The fraction of sp³-hybridized carbons (Fsp3) is 0.172. The van der Waals surface area contributed by atoms with Crippen LogP contribution < -0.4 is 9.64 Å². The number of halogens is 1. The molecule has 3 aromatic rings. The van der Waals surface area contributed by atoms with Crippen molar-refractivity contribution in [3.63, 3.8) is 0 Å². The number of benzene rings is 3. The van der Waals surface area contributed by atoms with Crippen molar-refractivity contribution in [2.45, 2.75) is 12.3 Å². The van der Waals surface area contributed by atoms with E-state index in [4.69, 9.17) is 18.9 Å². The van der Waals surface area contributed by atoms with Crippen LogP contribution in [0.15, 0.2) is 101 Å². The van der Waals surface area contributed by atoms with Crippen LogP contribution in [0.4, 0.5) is 5.69 Å². The van der Waals surface area contributed by atoms with Gasteiger partial charge >= 0.3 is 11.9 Å². The van der Waals surface area contributed by atoms with E-state index < -0.39 is 24.3 Å². The van der Waals surface area contributed by atoms with Crippen molar-refractivity contribution >= 4 is 39.6 Å². The lowest BCUT2D eigenvalue weighted by molar-refractivity contribution is -0.142. The first kappa shape index (κ1) is 26.2. The summed E-state index contributed by atoms with van der Waals surface area (Å²) in [6, 6.07) is 24.1. The van der Waals surface area contributed by atoms with E-state index in [1.54, 1.807) is 36.3 Å². The molecular formula is C29H26BrNO6. The summed E-state index contributed by atoms with van der Waals surface area (Å²) in [7, 11) is 4.11. The minimum Gasteiger partial charge on any atom is -0.497 e. The Hall–Kier alpha value is -3.88. The first-order valence-corrected chi connectivity index (χ1v) is 12.2. The lowest BCUT2D eigenvalue weighted by atomic mass is 9.96. The summed E-state index contributed by atoms with van der Waals surface area (Å²) < 4.78 is 23.0. The van der Waals surface area contributed by atoms with Crippen LogP contribution in [0, 0.1) is 0 Å². The summed E-state index contributed by atoms with van der Waals surface area (Å²) in [6.45, 7) is 0. The van der Waals surface area contributed by atoms with Crippen molar-refractivity contribution < 1.29 is 28.5 Å². The van der Waals surface area contributed by atoms with E-state index in [0.29, 0.717) is 17.0 Å². The van der Waals surface area contributed by atoms with Crippen molar-refractivity contribution in [1.82, 2.24) is 0 Å². The molecule has 0 spiro atoms. The van der Waals surface area contributed by atoms with Crippen molar-refractivity contribution in [1.29, 1.82) is 0 Å². The van der Waals surface area contributed by atoms with E-state index in [0.717, 1.165) is 10.0 Å². The van der Waals surface area contributed by atoms with E-state index in [1.807, 2.05) is 66.7 Å². The van der Waals surface area contributed by atoms with Gasteiger partial charge in [-0.05, 0) is 53.6 Å². The van der Waals surface area contributed by atoms with Crippen LogP contribution in [0.1, 0.15) is 17.2 Å². The molecule has 0 aliphatic carbocycles. The molecule has 0 amide bonds. The molecule has 3 aromatic carbocycles. The summed E-state index contributed by atoms with van der Waals surface area (Å²) in [5.41, 5.74) is 2.29. The Morgan fingerprint density at radius 3 is 2.11 bits per heavy atom. The molecule has 37 heavy (non-hydrogen) atoms. The topological polar surface area (TPSA) is 74.3 Å². The van der Waals surface area contributed by atoms with Gasteiger partial charge < -0.3 is 23.8 Å². The summed E-state index contributed by atoms with van der Waals surface area (Å²) in [5, 5.41) is 0. The smallest absolute Gasteiger partial charge is 0.355 e. The average molecular weight is 564 g/mol. The summed E-state index contributed by atoms with van der Waals surface area (Å²) in [5.74, 6) is -0.750. The molecule has 1 aliphatic rings. The van der Waals surface area contributed by atoms with Gasteiger partial charge in [-0.2, -0.15) is 0 Å². The predicted octanol–water partition coefficient (Wildman–Crippen LogP) is 5.68. The normalized spacial score (nSPS) is 17.6. The summed E-state index contributed by atoms with van der Waals surface area (Å²) in [4.78, 5) is 28.1. The molecule has 0 aromatic heterocycles. The number of rotatable bonds is 7. The highest BCUT2D eigenvalue weighted by molar-refractivity contribution is 9.10. The third-order valence-corrected chi connectivity index (χ3v) is 6.38. The molecule has 0 N–H and O–H groups in total. The predicted molar refractivity (Wildman–Crippen MR) is 144 cm³/mol. The van der Waals surface area contributed by atoms with Crippen molar-refractivity contribution in [2.24, 2.45) is 0 Å². The Morgan fingerprint density at radius 1 is 0.865 bits per heavy atom. The maximum atomic E-state index is 13.3. The van der Waals surface area contributed by atoms with Gasteiger partial charge in [0.25, 0.3) is 0 Å². The number of methoxy groups -OCH3 is 3. The molecular weight excluding hydrogens is 538 g/mol. The molecule has 2 atom stereocenters. The van der Waals surface area contributed by atoms with Gasteiger partial charge in [-0.1, -0.05) is 64.5 Å². The van der Waals surface area contributed by atoms with Crippen LogP contribution in [0.5, 0.6) is 5.75 Å². The number of carbonyl (C=O) groups is 2. The second-order valence-corrected chi connectivity index (χ2v) is 8.96. The molecule has 1 heterocycles. The number of hydrogen-bond donors (Lipinski definition) is 0. The van der Waals surface area contributed by atoms with Crippen LogP contribution in [-0.4, -0.2) is 39.5 Å². The van der Waals surface area contributed by atoms with Gasteiger partial charge in [0, 0.05) is 10.2 Å². The van der Waals surface area contributed by atoms with Crippen LogP contribution in [0.2, 0.25) is 0 Å². The molecule has 0 saturated heterocycles. The second kappa shape index (κ2) is 11.9. The molecule has 0 saturated carbocycles. The average Bonchev–Trinajstić information content (AvgIpc) is 2.95. The number of anilines is 1. The lowest BCUT2D eigenvalue weighted by Gasteiger charge is -2.41. The minimum absolute atomic E-state index is 0.0291. The van der Waals surface area contributed by atoms with Gasteiger partial charge in [0.2, 0.25) is 0 Å². The van der Waals surface area contributed by atoms with Crippen LogP contribution in [-0.2, 0) is 23.8 Å². The molecule has 0 fully saturated rings. The molecule has 7 nitrogen and oxygen atoms in total. The van der Waals surface area contributed by atoms with Gasteiger partial charge in [0.1, 0.15) is 23.1 Å². The van der Waals surface area contributed by atoms with E-state index in [1.165, 1.54) is 14.2 Å². The molecule has 0 unspecified atom stereocenters. The maximum Gasteiger partial charge on any atom is 0.355 e. The standard InChI is InChI=1S/C29H26BrNO6/c1-34-23-16-14-22(15-17-23)31-24(18-9-19-7-5-4-6-8-19)37-27(20-10-12-21(30)13-11-20)25(28(32)35-2)26(31)29(33)36-3/h4-18,24,27H,1-3H3/b18-9+/t24-,27-/m0/s1. The maximum absolute atomic E-state index is 13.3. The number of nitrogens with zero attached hydrogens (tertiary/aromatic N) is 1. The monoisotopic (exact) mass is 563 g/mol.